The summed E-state index contributed by atoms with van der Waals surface area (Å²) < 4.78 is 16.4. The molecule has 0 saturated carbocycles. The van der Waals surface area contributed by atoms with Crippen LogP contribution in [0.15, 0.2) is 18.3 Å². The molecule has 0 aliphatic carbocycles. The van der Waals surface area contributed by atoms with Crippen LogP contribution >= 0.6 is 12.2 Å². The van der Waals surface area contributed by atoms with Crippen LogP contribution in [-0.4, -0.2) is 53.7 Å². The van der Waals surface area contributed by atoms with Gasteiger partial charge in [-0.05, 0) is 12.1 Å². The fourth-order valence-corrected chi connectivity index (χ4v) is 2.73. The number of rotatable bonds is 4. The van der Waals surface area contributed by atoms with E-state index in [0.717, 1.165) is 0 Å². The number of ether oxygens (including phenoxy) is 3. The number of nitrogens with zero attached hydrogens (tertiary/aromatic N) is 1. The van der Waals surface area contributed by atoms with Gasteiger partial charge in [-0.2, -0.15) is 0 Å². The molecule has 2 saturated heterocycles. The van der Waals surface area contributed by atoms with Crippen LogP contribution in [0.2, 0.25) is 0 Å². The smallest absolute Gasteiger partial charge is 0.341 e. The zero-order valence-electron chi connectivity index (χ0n) is 11.2. The molecular formula is C12H12N2O7S. The fraction of sp³-hybridized carbons (Fsp3) is 0.500. The molecule has 22 heavy (non-hydrogen) atoms. The molecule has 0 aromatic carbocycles. The molecule has 1 aromatic heterocycles. The first kappa shape index (κ1) is 14.9. The number of nitrogens with one attached hydrogen (secondary N) is 1. The quantitative estimate of drug-likeness (QED) is 0.371. The third-order valence-corrected chi connectivity index (χ3v) is 3.82. The molecular weight excluding hydrogens is 316 g/mol. The monoisotopic (exact) mass is 328 g/mol. The maximum Gasteiger partial charge on any atom is 0.341 e. The molecule has 118 valence electrons. The lowest BCUT2D eigenvalue weighted by Crippen LogP contribution is -2.35. The molecule has 1 aromatic rings. The third kappa shape index (κ3) is 2.80. The molecule has 3 rings (SSSR count). The van der Waals surface area contributed by atoms with Crippen LogP contribution in [0, 0.1) is 14.8 Å². The Kier molecular flexibility index (Phi) is 4.05. The number of esters is 1. The van der Waals surface area contributed by atoms with Gasteiger partial charge in [0, 0.05) is 6.20 Å². The molecule has 4 atom stereocenters. The average Bonchev–Trinajstić information content (AvgIpc) is 3.03. The molecule has 9 nitrogen and oxygen atoms in total. The van der Waals surface area contributed by atoms with Crippen molar-refractivity contribution in [2.45, 2.75) is 24.4 Å². The van der Waals surface area contributed by atoms with Gasteiger partial charge >= 0.3 is 5.97 Å². The summed E-state index contributed by atoms with van der Waals surface area (Å²) in [4.78, 5) is 29.7. The molecule has 0 amide bonds. The largest absolute Gasteiger partial charge is 0.453 e. The SMILES string of the molecule is O=C(O[C@@H]1COC2C1OC[C@@H]2O[N+](=O)[O-])c1ccc[nH]c1=S. The third-order valence-electron chi connectivity index (χ3n) is 3.48. The molecule has 2 aliphatic heterocycles. The van der Waals surface area contributed by atoms with E-state index >= 15 is 0 Å². The summed E-state index contributed by atoms with van der Waals surface area (Å²) in [5, 5.41) is 9.51. The standard InChI is InChI=1S/C12H12N2O7S/c15-12(6-2-1-3-13-11(6)22)20-7-4-18-10-8(21-14(16)17)5-19-9(7)10/h1-3,7-10H,4-5H2,(H,13,22)/t7-,8+,9?,10?/m1/s1. The van der Waals surface area contributed by atoms with Gasteiger partial charge in [-0.25, -0.2) is 4.79 Å². The Morgan fingerprint density at radius 3 is 2.73 bits per heavy atom. The van der Waals surface area contributed by atoms with E-state index in [1.165, 1.54) is 0 Å². The van der Waals surface area contributed by atoms with Gasteiger partial charge in [0.15, 0.2) is 12.2 Å². The highest BCUT2D eigenvalue weighted by molar-refractivity contribution is 7.71. The van der Waals surface area contributed by atoms with E-state index in [2.05, 4.69) is 9.82 Å². The molecule has 3 heterocycles. The normalized spacial score (nSPS) is 29.8. The van der Waals surface area contributed by atoms with E-state index in [-0.39, 0.29) is 23.4 Å². The molecule has 2 unspecified atom stereocenters. The van der Waals surface area contributed by atoms with Crippen molar-refractivity contribution in [3.63, 3.8) is 0 Å². The van der Waals surface area contributed by atoms with E-state index in [4.69, 9.17) is 26.4 Å². The number of carbonyl (C=O) groups excluding carboxylic acids is 1. The van der Waals surface area contributed by atoms with Gasteiger partial charge in [0.05, 0.1) is 18.8 Å². The highest BCUT2D eigenvalue weighted by atomic mass is 32.1. The molecule has 0 spiro atoms. The van der Waals surface area contributed by atoms with Crippen molar-refractivity contribution in [2.75, 3.05) is 13.2 Å². The second-order valence-electron chi connectivity index (χ2n) is 4.82. The minimum absolute atomic E-state index is 0.00969. The van der Waals surface area contributed by atoms with Crippen molar-refractivity contribution < 1.29 is 28.9 Å². The topological polar surface area (TPSA) is 113 Å². The second-order valence-corrected chi connectivity index (χ2v) is 5.23. The van der Waals surface area contributed by atoms with Crippen LogP contribution in [0.3, 0.4) is 0 Å². The molecule has 10 heteroatoms. The van der Waals surface area contributed by atoms with Gasteiger partial charge in [0.1, 0.15) is 16.8 Å². The van der Waals surface area contributed by atoms with Gasteiger partial charge in [-0.3, -0.25) is 0 Å². The minimum Gasteiger partial charge on any atom is -0.453 e. The van der Waals surface area contributed by atoms with Gasteiger partial charge in [0.25, 0.3) is 5.09 Å². The Morgan fingerprint density at radius 2 is 2.05 bits per heavy atom. The zero-order valence-corrected chi connectivity index (χ0v) is 12.0. The summed E-state index contributed by atoms with van der Waals surface area (Å²) in [6.45, 7) is 0.0950. The van der Waals surface area contributed by atoms with Crippen molar-refractivity contribution >= 4 is 18.2 Å². The summed E-state index contributed by atoms with van der Waals surface area (Å²) in [7, 11) is 0. The molecule has 2 aliphatic rings. The van der Waals surface area contributed by atoms with Gasteiger partial charge in [-0.1, -0.05) is 12.2 Å². The number of H-pyrrole nitrogens is 1. The molecule has 2 fully saturated rings. The molecule has 0 radical (unpaired) electrons. The Morgan fingerprint density at radius 1 is 1.36 bits per heavy atom. The number of pyridine rings is 1. The van der Waals surface area contributed by atoms with Crippen LogP contribution < -0.4 is 0 Å². The number of hydrogen-bond acceptors (Lipinski definition) is 8. The number of hydrogen-bond donors (Lipinski definition) is 1. The highest BCUT2D eigenvalue weighted by Gasteiger charge is 2.51. The average molecular weight is 328 g/mol. The minimum atomic E-state index is -0.887. The first-order chi connectivity index (χ1) is 10.6. The predicted molar refractivity (Wildman–Crippen MR) is 72.2 cm³/mol. The van der Waals surface area contributed by atoms with Crippen LogP contribution in [0.5, 0.6) is 0 Å². The maximum atomic E-state index is 12.1. The Balaban J connectivity index is 1.66. The van der Waals surface area contributed by atoms with E-state index in [9.17, 15) is 14.9 Å². The van der Waals surface area contributed by atoms with Crippen LogP contribution in [0.1, 0.15) is 10.4 Å². The van der Waals surface area contributed by atoms with Crippen molar-refractivity contribution in [1.29, 1.82) is 0 Å². The van der Waals surface area contributed by atoms with E-state index in [0.29, 0.717) is 0 Å². The van der Waals surface area contributed by atoms with Crippen LogP contribution in [0.4, 0.5) is 0 Å². The first-order valence-corrected chi connectivity index (χ1v) is 6.90. The van der Waals surface area contributed by atoms with Gasteiger partial charge in [0.2, 0.25) is 0 Å². The predicted octanol–water partition coefficient (Wildman–Crippen LogP) is 0.644. The molecule has 0 bridgehead atoms. The summed E-state index contributed by atoms with van der Waals surface area (Å²) >= 11 is 5.01. The molecule has 1 N–H and O–H groups in total. The van der Waals surface area contributed by atoms with Gasteiger partial charge in [-0.15, -0.1) is 10.1 Å². The van der Waals surface area contributed by atoms with Crippen molar-refractivity contribution in [3.05, 3.63) is 38.6 Å². The Hall–Kier alpha value is -2.04. The number of carbonyl (C=O) groups is 1. The van der Waals surface area contributed by atoms with Crippen molar-refractivity contribution in [3.8, 4) is 0 Å². The Labute approximate surface area is 129 Å². The van der Waals surface area contributed by atoms with E-state index in [1.54, 1.807) is 18.3 Å². The van der Waals surface area contributed by atoms with Gasteiger partial charge < -0.3 is 24.0 Å². The van der Waals surface area contributed by atoms with Crippen LogP contribution in [0.25, 0.3) is 0 Å². The highest BCUT2D eigenvalue weighted by Crippen LogP contribution is 2.31. The first-order valence-electron chi connectivity index (χ1n) is 6.49. The van der Waals surface area contributed by atoms with E-state index < -0.39 is 35.5 Å². The summed E-state index contributed by atoms with van der Waals surface area (Å²) in [5.74, 6) is -0.599. The summed E-state index contributed by atoms with van der Waals surface area (Å²) in [6, 6.07) is 3.18. The Bertz CT molecular complexity index is 648. The number of aromatic amines is 1. The second kappa shape index (κ2) is 5.99. The number of aromatic nitrogens is 1. The summed E-state index contributed by atoms with van der Waals surface area (Å²) in [5.41, 5.74) is 0.233. The lowest BCUT2D eigenvalue weighted by atomic mass is 10.1. The van der Waals surface area contributed by atoms with Crippen molar-refractivity contribution in [1.82, 2.24) is 4.98 Å². The van der Waals surface area contributed by atoms with E-state index in [1.807, 2.05) is 0 Å². The zero-order chi connectivity index (χ0) is 15.7. The number of fused-ring (bicyclic) bond motifs is 1. The fourth-order valence-electron chi connectivity index (χ4n) is 2.51. The maximum absolute atomic E-state index is 12.1. The lowest BCUT2D eigenvalue weighted by molar-refractivity contribution is -0.769. The summed E-state index contributed by atoms with van der Waals surface area (Å²) in [6.07, 6.45) is -1.09. The lowest BCUT2D eigenvalue weighted by Gasteiger charge is -2.16. The van der Waals surface area contributed by atoms with Crippen molar-refractivity contribution in [2.24, 2.45) is 0 Å². The van der Waals surface area contributed by atoms with Crippen LogP contribution in [-0.2, 0) is 19.0 Å².